The number of aryl methyl sites for hydroxylation is 2. The molecule has 3 heterocycles. The number of anilines is 2. The number of halogens is 2. The van der Waals surface area contributed by atoms with E-state index in [4.69, 9.17) is 33.2 Å². The molecule has 0 bridgehead atoms. The first-order chi connectivity index (χ1) is 18.5. The van der Waals surface area contributed by atoms with Crippen molar-refractivity contribution in [1.82, 2.24) is 14.9 Å². The van der Waals surface area contributed by atoms with E-state index in [0.717, 1.165) is 79.7 Å². The number of aromatic nitrogens is 2. The Labute approximate surface area is 242 Å². The quantitative estimate of drug-likeness (QED) is 0.378. The van der Waals surface area contributed by atoms with E-state index in [-0.39, 0.29) is 6.04 Å². The fourth-order valence-electron chi connectivity index (χ4n) is 6.79. The Morgan fingerprint density at radius 2 is 1.82 bits per heavy atom. The van der Waals surface area contributed by atoms with Gasteiger partial charge in [0.05, 0.1) is 17.2 Å². The van der Waals surface area contributed by atoms with Crippen LogP contribution >= 0.6 is 23.2 Å². The van der Waals surface area contributed by atoms with E-state index in [1.54, 1.807) is 0 Å². The molecule has 39 heavy (non-hydrogen) atoms. The van der Waals surface area contributed by atoms with Gasteiger partial charge in [-0.3, -0.25) is 4.79 Å². The van der Waals surface area contributed by atoms with E-state index in [1.807, 2.05) is 32.9 Å². The van der Waals surface area contributed by atoms with Gasteiger partial charge in [-0.15, -0.1) is 0 Å². The number of carboxylic acids is 1. The molecule has 3 aliphatic rings. The summed E-state index contributed by atoms with van der Waals surface area (Å²) < 4.78 is 0. The van der Waals surface area contributed by atoms with Gasteiger partial charge in [0.1, 0.15) is 5.02 Å². The molecular weight excluding hydrogens is 533 g/mol. The number of nitrogens with zero attached hydrogens (tertiary/aromatic N) is 4. The number of aliphatic carboxylic acids is 1. The molecule has 0 amide bonds. The van der Waals surface area contributed by atoms with Crippen molar-refractivity contribution in [3.8, 4) is 0 Å². The highest BCUT2D eigenvalue weighted by molar-refractivity contribution is 6.33. The summed E-state index contributed by atoms with van der Waals surface area (Å²) in [6, 6.07) is 6.46. The SMILES string of the molecule is Cc1ccc(C(C)Nc2nc(N3CCC(C4CCCN(C5CC(C)(C(=O)O)C5)C4)CC3)nc(C)c2Cl)c(Cl)c1. The third-order valence-electron chi connectivity index (χ3n) is 9.36. The molecule has 0 spiro atoms. The Bertz CT molecular complexity index is 1210. The number of nitrogens with one attached hydrogen (secondary N) is 1. The second kappa shape index (κ2) is 11.4. The van der Waals surface area contributed by atoms with Crippen LogP contribution in [0.5, 0.6) is 0 Å². The largest absolute Gasteiger partial charge is 0.481 e. The van der Waals surface area contributed by atoms with Gasteiger partial charge in [-0.1, -0.05) is 35.3 Å². The smallest absolute Gasteiger partial charge is 0.309 e. The van der Waals surface area contributed by atoms with Crippen molar-refractivity contribution < 1.29 is 9.90 Å². The molecule has 0 radical (unpaired) electrons. The highest BCUT2D eigenvalue weighted by Crippen LogP contribution is 2.45. The van der Waals surface area contributed by atoms with E-state index >= 15 is 0 Å². The number of hydrogen-bond acceptors (Lipinski definition) is 6. The fraction of sp³-hybridized carbons (Fsp3) is 0.633. The molecule has 212 valence electrons. The Kier molecular flexibility index (Phi) is 8.33. The standard InChI is InChI=1S/C30H41Cl2N5O2/c1-18-7-8-24(25(31)14-18)19(2)33-27-26(32)20(3)34-29(35-27)36-12-9-21(10-13-36)22-6-5-11-37(17-22)23-15-30(4,16-23)28(38)39/h7-8,14,19,21-23H,5-6,9-13,15-17H2,1-4H3,(H,38,39)(H,33,34,35). The Morgan fingerprint density at radius 1 is 1.10 bits per heavy atom. The molecule has 2 N–H and O–H groups in total. The van der Waals surface area contributed by atoms with Gasteiger partial charge in [0.25, 0.3) is 0 Å². The second-order valence-corrected chi connectivity index (χ2v) is 13.1. The summed E-state index contributed by atoms with van der Waals surface area (Å²) in [6.07, 6.45) is 6.30. The van der Waals surface area contributed by atoms with Crippen molar-refractivity contribution in [3.63, 3.8) is 0 Å². The zero-order chi connectivity index (χ0) is 27.9. The van der Waals surface area contributed by atoms with Crippen LogP contribution in [0.3, 0.4) is 0 Å². The number of likely N-dealkylation sites (tertiary alicyclic amines) is 1. The number of carboxylic acid groups (broad SMARTS) is 1. The van der Waals surface area contributed by atoms with Gasteiger partial charge in [-0.05, 0) is 102 Å². The van der Waals surface area contributed by atoms with Gasteiger partial charge in [-0.2, -0.15) is 4.98 Å². The number of carbonyl (C=O) groups is 1. The molecular formula is C30H41Cl2N5O2. The van der Waals surface area contributed by atoms with E-state index < -0.39 is 11.4 Å². The van der Waals surface area contributed by atoms with Crippen LogP contribution in [-0.2, 0) is 4.79 Å². The highest BCUT2D eigenvalue weighted by atomic mass is 35.5. The minimum absolute atomic E-state index is 0.0539. The summed E-state index contributed by atoms with van der Waals surface area (Å²) in [5.41, 5.74) is 2.37. The first-order valence-corrected chi connectivity index (χ1v) is 15.1. The van der Waals surface area contributed by atoms with Crippen LogP contribution in [-0.4, -0.2) is 58.2 Å². The molecule has 7 nitrogen and oxygen atoms in total. The first kappa shape index (κ1) is 28.4. The van der Waals surface area contributed by atoms with Crippen molar-refractivity contribution in [3.05, 3.63) is 45.1 Å². The molecule has 2 aromatic rings. The molecule has 1 saturated carbocycles. The molecule has 9 heteroatoms. The average molecular weight is 575 g/mol. The molecule has 1 aromatic heterocycles. The lowest BCUT2D eigenvalue weighted by atomic mass is 9.65. The van der Waals surface area contributed by atoms with Crippen LogP contribution in [0.25, 0.3) is 0 Å². The first-order valence-electron chi connectivity index (χ1n) is 14.3. The number of piperidine rings is 2. The third-order valence-corrected chi connectivity index (χ3v) is 10.1. The van der Waals surface area contributed by atoms with Crippen molar-refractivity contribution in [2.45, 2.75) is 78.3 Å². The molecule has 1 aliphatic carbocycles. The van der Waals surface area contributed by atoms with Gasteiger partial charge in [-0.25, -0.2) is 4.98 Å². The Balaban J connectivity index is 1.20. The molecule has 2 saturated heterocycles. The van der Waals surface area contributed by atoms with Gasteiger partial charge >= 0.3 is 5.97 Å². The zero-order valence-corrected chi connectivity index (χ0v) is 25.0. The topological polar surface area (TPSA) is 81.6 Å². The van der Waals surface area contributed by atoms with E-state index in [1.165, 1.54) is 12.8 Å². The van der Waals surface area contributed by atoms with Crippen LogP contribution in [0.4, 0.5) is 11.8 Å². The average Bonchev–Trinajstić information content (AvgIpc) is 2.89. The lowest BCUT2D eigenvalue weighted by molar-refractivity contribution is -0.158. The molecule has 2 unspecified atom stereocenters. The van der Waals surface area contributed by atoms with Crippen LogP contribution < -0.4 is 10.2 Å². The predicted octanol–water partition coefficient (Wildman–Crippen LogP) is 6.76. The van der Waals surface area contributed by atoms with E-state index in [9.17, 15) is 9.90 Å². The van der Waals surface area contributed by atoms with Gasteiger partial charge < -0.3 is 20.2 Å². The lowest BCUT2D eigenvalue weighted by Gasteiger charge is -2.51. The summed E-state index contributed by atoms with van der Waals surface area (Å²) >= 11 is 13.2. The van der Waals surface area contributed by atoms with E-state index in [2.05, 4.69) is 28.1 Å². The lowest BCUT2D eigenvalue weighted by Crippen LogP contribution is -2.56. The van der Waals surface area contributed by atoms with Gasteiger partial charge in [0, 0.05) is 30.7 Å². The zero-order valence-electron chi connectivity index (χ0n) is 23.5. The third kappa shape index (κ3) is 6.01. The Hall–Kier alpha value is -2.09. The van der Waals surface area contributed by atoms with Crippen molar-refractivity contribution in [2.75, 3.05) is 36.4 Å². The van der Waals surface area contributed by atoms with Crippen LogP contribution in [0.15, 0.2) is 18.2 Å². The number of hydrogen-bond donors (Lipinski definition) is 2. The van der Waals surface area contributed by atoms with Gasteiger partial charge in [0.15, 0.2) is 5.82 Å². The predicted molar refractivity (Wildman–Crippen MR) is 158 cm³/mol. The maximum atomic E-state index is 11.5. The van der Waals surface area contributed by atoms with Crippen LogP contribution in [0, 0.1) is 31.1 Å². The maximum absolute atomic E-state index is 11.5. The van der Waals surface area contributed by atoms with Crippen molar-refractivity contribution in [1.29, 1.82) is 0 Å². The molecule has 5 rings (SSSR count). The summed E-state index contributed by atoms with van der Waals surface area (Å²) in [6.45, 7) is 12.0. The summed E-state index contributed by atoms with van der Waals surface area (Å²) in [4.78, 5) is 26.0. The minimum Gasteiger partial charge on any atom is -0.481 e. The van der Waals surface area contributed by atoms with Gasteiger partial charge in [0.2, 0.25) is 5.95 Å². The van der Waals surface area contributed by atoms with Crippen LogP contribution in [0.1, 0.15) is 75.2 Å². The van der Waals surface area contributed by atoms with Crippen molar-refractivity contribution >= 4 is 40.9 Å². The van der Waals surface area contributed by atoms with Crippen LogP contribution in [0.2, 0.25) is 10.0 Å². The monoisotopic (exact) mass is 573 g/mol. The summed E-state index contributed by atoms with van der Waals surface area (Å²) in [5, 5.41) is 14.2. The highest BCUT2D eigenvalue weighted by Gasteiger charge is 2.49. The minimum atomic E-state index is -0.647. The fourth-order valence-corrected chi connectivity index (χ4v) is 7.33. The van der Waals surface area contributed by atoms with Crippen molar-refractivity contribution in [2.24, 2.45) is 17.3 Å². The second-order valence-electron chi connectivity index (χ2n) is 12.3. The molecule has 3 fully saturated rings. The normalized spacial score (nSPS) is 27.2. The Morgan fingerprint density at radius 3 is 2.49 bits per heavy atom. The molecule has 2 atom stereocenters. The summed E-state index contributed by atoms with van der Waals surface area (Å²) in [5.74, 6) is 2.09. The number of rotatable bonds is 7. The maximum Gasteiger partial charge on any atom is 0.309 e. The van der Waals surface area contributed by atoms with E-state index in [0.29, 0.717) is 28.7 Å². The molecule has 2 aliphatic heterocycles. The summed E-state index contributed by atoms with van der Waals surface area (Å²) in [7, 11) is 0. The molecule has 1 aromatic carbocycles. The number of benzene rings is 1.